The molecule has 9 heteroatoms. The van der Waals surface area contributed by atoms with Gasteiger partial charge in [0.05, 0.1) is 16.4 Å². The largest absolute Gasteiger partial charge is 0.271 e. The lowest BCUT2D eigenvalue weighted by Crippen LogP contribution is -2.51. The van der Waals surface area contributed by atoms with E-state index in [2.05, 4.69) is 21.0 Å². The number of hydrogen-bond donors (Lipinski definition) is 0. The van der Waals surface area contributed by atoms with Gasteiger partial charge in [-0.1, -0.05) is 0 Å². The molecule has 0 bridgehead atoms. The molecular formula is C14H14BrF2N3O2S. The lowest BCUT2D eigenvalue weighted by molar-refractivity contribution is 0.174. The first-order valence-electron chi connectivity index (χ1n) is 6.93. The van der Waals surface area contributed by atoms with Crippen molar-refractivity contribution in [2.24, 2.45) is 5.92 Å². The van der Waals surface area contributed by atoms with Gasteiger partial charge in [0.15, 0.2) is 0 Å². The number of sulfonamides is 1. The van der Waals surface area contributed by atoms with Crippen LogP contribution in [-0.4, -0.2) is 35.6 Å². The first-order chi connectivity index (χ1) is 10.8. The summed E-state index contributed by atoms with van der Waals surface area (Å²) in [6, 6.07) is 2.83. The van der Waals surface area contributed by atoms with Crippen molar-refractivity contribution in [2.45, 2.75) is 12.3 Å². The highest BCUT2D eigenvalue weighted by atomic mass is 79.9. The van der Waals surface area contributed by atoms with Gasteiger partial charge in [0, 0.05) is 37.3 Å². The summed E-state index contributed by atoms with van der Waals surface area (Å²) in [7, 11) is -3.65. The topological polar surface area (TPSA) is 55.2 Å². The number of halogens is 3. The number of hydrogen-bond acceptors (Lipinski definition) is 3. The molecule has 0 atom stereocenters. The van der Waals surface area contributed by atoms with Crippen LogP contribution in [0.25, 0.3) is 0 Å². The van der Waals surface area contributed by atoms with Crippen LogP contribution in [-0.2, 0) is 22.3 Å². The molecule has 0 N–H and O–H groups in total. The van der Waals surface area contributed by atoms with Crippen molar-refractivity contribution in [1.82, 2.24) is 14.1 Å². The third kappa shape index (κ3) is 3.78. The maximum Gasteiger partial charge on any atom is 0.218 e. The maximum absolute atomic E-state index is 13.6. The molecule has 2 aromatic rings. The summed E-state index contributed by atoms with van der Waals surface area (Å²) in [5.41, 5.74) is -0.149. The molecule has 1 aromatic heterocycles. The molecule has 5 nitrogen and oxygen atoms in total. The summed E-state index contributed by atoms with van der Waals surface area (Å²) in [5, 5.41) is 4.12. The Balaban J connectivity index is 1.60. The number of aromatic nitrogens is 2. The zero-order valence-corrected chi connectivity index (χ0v) is 14.4. The smallest absolute Gasteiger partial charge is 0.218 e. The van der Waals surface area contributed by atoms with E-state index in [1.807, 2.05) is 6.20 Å². The Morgan fingerprint density at radius 2 is 2.04 bits per heavy atom. The highest BCUT2D eigenvalue weighted by Gasteiger charge is 2.36. The van der Waals surface area contributed by atoms with Crippen LogP contribution in [0.1, 0.15) is 5.56 Å². The Labute approximate surface area is 141 Å². The second kappa shape index (κ2) is 6.29. The van der Waals surface area contributed by atoms with Crippen molar-refractivity contribution in [3.8, 4) is 0 Å². The van der Waals surface area contributed by atoms with Crippen molar-refractivity contribution in [3.63, 3.8) is 0 Å². The van der Waals surface area contributed by atoms with Crippen molar-refractivity contribution in [2.75, 3.05) is 13.1 Å². The minimum atomic E-state index is -3.65. The van der Waals surface area contributed by atoms with E-state index in [0.717, 1.165) is 22.7 Å². The Kier molecular flexibility index (Phi) is 4.52. The summed E-state index contributed by atoms with van der Waals surface area (Å²) < 4.78 is 55.1. The summed E-state index contributed by atoms with van der Waals surface area (Å²) in [4.78, 5) is 0. The van der Waals surface area contributed by atoms with Gasteiger partial charge in [0.1, 0.15) is 11.6 Å². The van der Waals surface area contributed by atoms with Crippen LogP contribution in [0, 0.1) is 17.6 Å². The summed E-state index contributed by atoms with van der Waals surface area (Å²) in [6.45, 7) is 1.33. The van der Waals surface area contributed by atoms with E-state index < -0.39 is 27.4 Å². The number of nitrogens with zero attached hydrogens (tertiary/aromatic N) is 3. The zero-order valence-electron chi connectivity index (χ0n) is 12.0. The first kappa shape index (κ1) is 16.5. The van der Waals surface area contributed by atoms with E-state index in [4.69, 9.17) is 0 Å². The fourth-order valence-electron chi connectivity index (χ4n) is 2.51. The van der Waals surface area contributed by atoms with Gasteiger partial charge in [-0.2, -0.15) is 5.10 Å². The lowest BCUT2D eigenvalue weighted by atomic mass is 10.0. The molecule has 1 fully saturated rings. The van der Waals surface area contributed by atoms with Crippen LogP contribution in [0.15, 0.2) is 35.1 Å². The van der Waals surface area contributed by atoms with Crippen molar-refractivity contribution < 1.29 is 17.2 Å². The van der Waals surface area contributed by atoms with Crippen molar-refractivity contribution in [3.05, 3.63) is 52.3 Å². The molecule has 0 radical (unpaired) electrons. The van der Waals surface area contributed by atoms with Crippen LogP contribution in [0.3, 0.4) is 0 Å². The van der Waals surface area contributed by atoms with Gasteiger partial charge in [-0.3, -0.25) is 4.68 Å². The van der Waals surface area contributed by atoms with Crippen LogP contribution in [0.5, 0.6) is 0 Å². The molecule has 124 valence electrons. The SMILES string of the molecule is O=S(=O)(Cc1cc(F)ccc1F)N1CC(Cn2cc(Br)cn2)C1. The number of benzene rings is 1. The molecular weight excluding hydrogens is 392 g/mol. The van der Waals surface area contributed by atoms with E-state index in [0.29, 0.717) is 19.6 Å². The molecule has 0 amide bonds. The van der Waals surface area contributed by atoms with Crippen LogP contribution in [0.2, 0.25) is 0 Å². The molecule has 1 aromatic carbocycles. The van der Waals surface area contributed by atoms with E-state index in [1.165, 1.54) is 4.31 Å². The maximum atomic E-state index is 13.6. The van der Waals surface area contributed by atoms with Gasteiger partial charge in [-0.25, -0.2) is 21.5 Å². The fourth-order valence-corrected chi connectivity index (χ4v) is 4.51. The van der Waals surface area contributed by atoms with Gasteiger partial charge in [-0.05, 0) is 34.1 Å². The predicted octanol–water partition coefficient (Wildman–Crippen LogP) is 2.39. The Bertz CT molecular complexity index is 819. The number of rotatable bonds is 5. The van der Waals surface area contributed by atoms with Crippen LogP contribution >= 0.6 is 15.9 Å². The van der Waals surface area contributed by atoms with Crippen LogP contribution in [0.4, 0.5) is 8.78 Å². The standard InChI is InChI=1S/C14H14BrF2N3O2S/c15-12-4-18-19(8-12)5-10-6-20(7-10)23(21,22)9-11-3-13(16)1-2-14(11)17/h1-4,8,10H,5-7,9H2. The lowest BCUT2D eigenvalue weighted by Gasteiger charge is -2.38. The minimum absolute atomic E-state index is 0.149. The van der Waals surface area contributed by atoms with E-state index >= 15 is 0 Å². The van der Waals surface area contributed by atoms with Gasteiger partial charge in [-0.15, -0.1) is 0 Å². The second-order valence-electron chi connectivity index (χ2n) is 5.56. The van der Waals surface area contributed by atoms with Crippen molar-refractivity contribution >= 4 is 26.0 Å². The molecule has 0 aliphatic carbocycles. The van der Waals surface area contributed by atoms with Gasteiger partial charge in [0.25, 0.3) is 0 Å². The molecule has 0 spiro atoms. The average molecular weight is 406 g/mol. The third-order valence-electron chi connectivity index (χ3n) is 3.71. The molecule has 1 aliphatic rings. The molecule has 0 unspecified atom stereocenters. The van der Waals surface area contributed by atoms with Gasteiger partial charge >= 0.3 is 0 Å². The van der Waals surface area contributed by atoms with E-state index in [-0.39, 0.29) is 11.5 Å². The zero-order chi connectivity index (χ0) is 16.6. The molecule has 2 heterocycles. The Morgan fingerprint density at radius 3 is 2.70 bits per heavy atom. The Hall–Kier alpha value is -1.32. The molecule has 23 heavy (non-hydrogen) atoms. The molecule has 0 saturated carbocycles. The quantitative estimate of drug-likeness (QED) is 0.767. The molecule has 3 rings (SSSR count). The fraction of sp³-hybridized carbons (Fsp3) is 0.357. The van der Waals surface area contributed by atoms with Crippen LogP contribution < -0.4 is 0 Å². The van der Waals surface area contributed by atoms with Gasteiger partial charge in [0.2, 0.25) is 10.0 Å². The average Bonchev–Trinajstić information content (AvgIpc) is 2.83. The Morgan fingerprint density at radius 1 is 1.30 bits per heavy atom. The predicted molar refractivity (Wildman–Crippen MR) is 84.0 cm³/mol. The molecule has 1 saturated heterocycles. The van der Waals surface area contributed by atoms with E-state index in [9.17, 15) is 17.2 Å². The van der Waals surface area contributed by atoms with Crippen molar-refractivity contribution in [1.29, 1.82) is 0 Å². The van der Waals surface area contributed by atoms with Gasteiger partial charge < -0.3 is 0 Å². The monoisotopic (exact) mass is 405 g/mol. The minimum Gasteiger partial charge on any atom is -0.271 e. The van der Waals surface area contributed by atoms with E-state index in [1.54, 1.807) is 10.9 Å². The normalized spacial score (nSPS) is 16.5. The third-order valence-corrected chi connectivity index (χ3v) is 5.88. The highest BCUT2D eigenvalue weighted by molar-refractivity contribution is 9.10. The molecule has 1 aliphatic heterocycles. The second-order valence-corrected chi connectivity index (χ2v) is 8.44. The summed E-state index contributed by atoms with van der Waals surface area (Å²) >= 11 is 3.30. The summed E-state index contributed by atoms with van der Waals surface area (Å²) in [5.74, 6) is -1.74. The first-order valence-corrected chi connectivity index (χ1v) is 9.33. The summed E-state index contributed by atoms with van der Waals surface area (Å²) in [6.07, 6.45) is 3.49. The highest BCUT2D eigenvalue weighted by Crippen LogP contribution is 2.25.